The van der Waals surface area contributed by atoms with Crippen LogP contribution in [0.1, 0.15) is 40.5 Å². The van der Waals surface area contributed by atoms with Crippen molar-refractivity contribution in [2.75, 3.05) is 0 Å². The zero-order chi connectivity index (χ0) is 9.57. The normalized spacial score (nSPS) is 30.5. The van der Waals surface area contributed by atoms with Gasteiger partial charge in [-0.3, -0.25) is 5.84 Å². The van der Waals surface area contributed by atoms with Gasteiger partial charge in [-0.15, -0.1) is 0 Å². The molecule has 12 heavy (non-hydrogen) atoms. The summed E-state index contributed by atoms with van der Waals surface area (Å²) in [6.07, 6.45) is 1.30. The third-order valence-corrected chi connectivity index (χ3v) is 2.77. The summed E-state index contributed by atoms with van der Waals surface area (Å²) in [4.78, 5) is 0. The highest BCUT2D eigenvalue weighted by Crippen LogP contribution is 2.35. The molecule has 1 heterocycles. The third-order valence-electron chi connectivity index (χ3n) is 2.77. The number of aliphatic hydroxyl groups excluding tert-OH is 1. The molecule has 0 bridgehead atoms. The van der Waals surface area contributed by atoms with Crippen molar-refractivity contribution in [3.05, 3.63) is 0 Å². The highest BCUT2D eigenvalue weighted by Gasteiger charge is 2.43. The maximum absolute atomic E-state index is 9.62. The fourth-order valence-corrected chi connectivity index (χ4v) is 2.24. The minimum Gasteiger partial charge on any atom is -0.393 e. The van der Waals surface area contributed by atoms with Crippen LogP contribution in [-0.2, 0) is 0 Å². The van der Waals surface area contributed by atoms with E-state index >= 15 is 0 Å². The number of hydrazine groups is 1. The second kappa shape index (κ2) is 2.69. The summed E-state index contributed by atoms with van der Waals surface area (Å²) in [6, 6.07) is 0. The van der Waals surface area contributed by atoms with E-state index < -0.39 is 0 Å². The quantitative estimate of drug-likeness (QED) is 0.533. The first kappa shape index (κ1) is 9.96. The van der Waals surface area contributed by atoms with E-state index in [1.54, 1.807) is 0 Å². The van der Waals surface area contributed by atoms with Crippen molar-refractivity contribution in [2.24, 2.45) is 5.84 Å². The molecule has 3 heteroatoms. The Morgan fingerprint density at radius 2 is 1.50 bits per heavy atom. The molecule has 0 radical (unpaired) electrons. The van der Waals surface area contributed by atoms with Crippen molar-refractivity contribution in [2.45, 2.75) is 57.7 Å². The summed E-state index contributed by atoms with van der Waals surface area (Å²) in [7, 11) is 0. The first-order valence-electron chi connectivity index (χ1n) is 4.49. The topological polar surface area (TPSA) is 49.5 Å². The molecule has 0 unspecified atom stereocenters. The van der Waals surface area contributed by atoms with Crippen LogP contribution in [0.3, 0.4) is 0 Å². The second-order valence-corrected chi connectivity index (χ2v) is 5.06. The van der Waals surface area contributed by atoms with E-state index in [4.69, 9.17) is 5.84 Å². The molecule has 0 aromatic carbocycles. The van der Waals surface area contributed by atoms with Gasteiger partial charge < -0.3 is 5.11 Å². The Balaban J connectivity index is 2.84. The number of hydrogen-bond donors (Lipinski definition) is 2. The van der Waals surface area contributed by atoms with Crippen molar-refractivity contribution in [3.8, 4) is 0 Å². The predicted octanol–water partition coefficient (Wildman–Crippen LogP) is 0.874. The summed E-state index contributed by atoms with van der Waals surface area (Å²) in [5.41, 5.74) is -0.192. The second-order valence-electron chi connectivity index (χ2n) is 5.06. The van der Waals surface area contributed by atoms with Crippen molar-refractivity contribution in [1.82, 2.24) is 5.01 Å². The van der Waals surface area contributed by atoms with Crippen LogP contribution in [0, 0.1) is 0 Å². The molecule has 0 aromatic heterocycles. The number of rotatable bonds is 0. The van der Waals surface area contributed by atoms with Gasteiger partial charge in [-0.25, -0.2) is 5.01 Å². The van der Waals surface area contributed by atoms with Crippen LogP contribution in [0.15, 0.2) is 0 Å². The minimum absolute atomic E-state index is 0.0961. The lowest BCUT2D eigenvalue weighted by atomic mass is 9.80. The van der Waals surface area contributed by atoms with Crippen LogP contribution in [0.2, 0.25) is 0 Å². The summed E-state index contributed by atoms with van der Waals surface area (Å²) in [6.45, 7) is 8.27. The van der Waals surface area contributed by atoms with E-state index in [0.717, 1.165) is 12.8 Å². The Morgan fingerprint density at radius 1 is 1.17 bits per heavy atom. The van der Waals surface area contributed by atoms with Crippen molar-refractivity contribution in [3.63, 3.8) is 0 Å². The Bertz CT molecular complexity index is 159. The first-order chi connectivity index (χ1) is 5.26. The van der Waals surface area contributed by atoms with E-state index in [2.05, 4.69) is 27.7 Å². The average Bonchev–Trinajstić information content (AvgIpc) is 1.80. The van der Waals surface area contributed by atoms with Gasteiger partial charge in [-0.1, -0.05) is 0 Å². The standard InChI is InChI=1S/C9H20N2O/c1-8(2)5-7(12)6-9(3,4)11(8)10/h7,12H,5-6,10H2,1-4H3. The van der Waals surface area contributed by atoms with Crippen LogP contribution in [0.25, 0.3) is 0 Å². The van der Waals surface area contributed by atoms with E-state index in [1.807, 2.05) is 5.01 Å². The van der Waals surface area contributed by atoms with Crippen molar-refractivity contribution in [1.29, 1.82) is 0 Å². The smallest absolute Gasteiger partial charge is 0.0576 e. The number of aliphatic hydroxyl groups is 1. The van der Waals surface area contributed by atoms with Gasteiger partial charge in [0, 0.05) is 11.1 Å². The summed E-state index contributed by atoms with van der Waals surface area (Å²) in [5, 5.41) is 11.5. The molecule has 0 amide bonds. The largest absolute Gasteiger partial charge is 0.393 e. The van der Waals surface area contributed by atoms with Gasteiger partial charge in [-0.05, 0) is 40.5 Å². The minimum atomic E-state index is -0.213. The zero-order valence-corrected chi connectivity index (χ0v) is 8.46. The Hall–Kier alpha value is -0.120. The van der Waals surface area contributed by atoms with Crippen molar-refractivity contribution < 1.29 is 5.11 Å². The average molecular weight is 172 g/mol. The molecule has 0 saturated carbocycles. The molecule has 0 atom stereocenters. The maximum Gasteiger partial charge on any atom is 0.0576 e. The lowest BCUT2D eigenvalue weighted by Gasteiger charge is -2.51. The molecule has 0 aliphatic carbocycles. The van der Waals surface area contributed by atoms with Crippen LogP contribution in [0.4, 0.5) is 0 Å². The van der Waals surface area contributed by atoms with Gasteiger partial charge in [0.15, 0.2) is 0 Å². The molecular weight excluding hydrogens is 152 g/mol. The molecule has 0 spiro atoms. The highest BCUT2D eigenvalue weighted by molar-refractivity contribution is 4.97. The molecule has 1 saturated heterocycles. The Morgan fingerprint density at radius 3 is 1.83 bits per heavy atom. The molecule has 1 aliphatic heterocycles. The number of nitrogens with zero attached hydrogens (tertiary/aromatic N) is 1. The van der Waals surface area contributed by atoms with E-state index in [1.165, 1.54) is 0 Å². The van der Waals surface area contributed by atoms with Gasteiger partial charge >= 0.3 is 0 Å². The van der Waals surface area contributed by atoms with Crippen LogP contribution in [0.5, 0.6) is 0 Å². The van der Waals surface area contributed by atoms with Crippen LogP contribution >= 0.6 is 0 Å². The summed E-state index contributed by atoms with van der Waals surface area (Å²) in [5.74, 6) is 5.97. The molecular formula is C9H20N2O. The van der Waals surface area contributed by atoms with Gasteiger partial charge in [0.1, 0.15) is 0 Å². The Kier molecular flexibility index (Phi) is 2.23. The summed E-state index contributed by atoms with van der Waals surface area (Å²) < 4.78 is 0. The van der Waals surface area contributed by atoms with E-state index in [-0.39, 0.29) is 17.2 Å². The van der Waals surface area contributed by atoms with E-state index in [0.29, 0.717) is 0 Å². The SMILES string of the molecule is CC1(C)CC(O)CC(C)(C)N1N. The zero-order valence-electron chi connectivity index (χ0n) is 8.46. The fraction of sp³-hybridized carbons (Fsp3) is 1.00. The maximum atomic E-state index is 9.62. The molecule has 3 N–H and O–H groups in total. The van der Waals surface area contributed by atoms with Crippen LogP contribution in [-0.4, -0.2) is 27.3 Å². The number of nitrogens with two attached hydrogens (primary N) is 1. The molecule has 1 rings (SSSR count). The number of hydrogen-bond acceptors (Lipinski definition) is 3. The molecule has 72 valence electrons. The van der Waals surface area contributed by atoms with Gasteiger partial charge in [0.2, 0.25) is 0 Å². The lowest BCUT2D eigenvalue weighted by Crippen LogP contribution is -2.64. The van der Waals surface area contributed by atoms with Gasteiger partial charge in [-0.2, -0.15) is 0 Å². The van der Waals surface area contributed by atoms with Gasteiger partial charge in [0.25, 0.3) is 0 Å². The molecule has 1 fully saturated rings. The molecule has 3 nitrogen and oxygen atoms in total. The Labute approximate surface area is 74.5 Å². The highest BCUT2D eigenvalue weighted by atomic mass is 16.3. The number of piperidine rings is 1. The predicted molar refractivity (Wildman–Crippen MR) is 49.4 cm³/mol. The fourth-order valence-electron chi connectivity index (χ4n) is 2.24. The van der Waals surface area contributed by atoms with Crippen LogP contribution < -0.4 is 5.84 Å². The lowest BCUT2D eigenvalue weighted by molar-refractivity contribution is -0.0819. The van der Waals surface area contributed by atoms with Gasteiger partial charge in [0.05, 0.1) is 6.10 Å². The van der Waals surface area contributed by atoms with Crippen molar-refractivity contribution >= 4 is 0 Å². The first-order valence-corrected chi connectivity index (χ1v) is 4.49. The molecule has 1 aliphatic rings. The summed E-state index contributed by atoms with van der Waals surface area (Å²) >= 11 is 0. The monoisotopic (exact) mass is 172 g/mol. The third kappa shape index (κ3) is 1.63. The molecule has 0 aromatic rings. The van der Waals surface area contributed by atoms with E-state index in [9.17, 15) is 5.11 Å².